The number of esters is 1. The molecule has 0 saturated carbocycles. The van der Waals surface area contributed by atoms with E-state index in [0.717, 1.165) is 22.4 Å². The first-order valence-corrected chi connectivity index (χ1v) is 7.04. The molecule has 0 spiro atoms. The predicted molar refractivity (Wildman–Crippen MR) is 84.8 cm³/mol. The third kappa shape index (κ3) is 4.02. The van der Waals surface area contributed by atoms with Gasteiger partial charge in [-0.3, -0.25) is 9.79 Å². The zero-order valence-electron chi connectivity index (χ0n) is 12.4. The molecule has 0 unspecified atom stereocenters. The average Bonchev–Trinajstić information content (AvgIpc) is 2.50. The van der Waals surface area contributed by atoms with E-state index >= 15 is 0 Å². The molecule has 0 saturated heterocycles. The smallest absolute Gasteiger partial charge is 0.327 e. The number of hydrogen-bond donors (Lipinski definition) is 0. The van der Waals surface area contributed by atoms with E-state index < -0.39 is 0 Å². The summed E-state index contributed by atoms with van der Waals surface area (Å²) >= 11 is 0. The number of carbonyl (C=O) groups excluding carboxylic acids is 1. The van der Waals surface area contributed by atoms with E-state index in [9.17, 15) is 4.79 Å². The Labute approximate surface area is 125 Å². The number of rotatable bonds is 5. The molecule has 3 nitrogen and oxygen atoms in total. The summed E-state index contributed by atoms with van der Waals surface area (Å²) in [5.74, 6) is -0.306. The van der Waals surface area contributed by atoms with Crippen molar-refractivity contribution in [3.8, 4) is 0 Å². The topological polar surface area (TPSA) is 38.7 Å². The maximum Gasteiger partial charge on any atom is 0.327 e. The van der Waals surface area contributed by atoms with E-state index in [-0.39, 0.29) is 12.5 Å². The van der Waals surface area contributed by atoms with Crippen LogP contribution in [-0.2, 0) is 9.53 Å². The summed E-state index contributed by atoms with van der Waals surface area (Å²) in [5.41, 5.74) is 3.98. The third-order valence-electron chi connectivity index (χ3n) is 3.12. The Kier molecular flexibility index (Phi) is 5.27. The number of aliphatic imine (C=N–C) groups is 1. The SMILES string of the molecule is CCOC(=O)CN=C(c1ccccc1)c1ccccc1C. The minimum atomic E-state index is -0.306. The first-order valence-electron chi connectivity index (χ1n) is 7.04. The van der Waals surface area contributed by atoms with Crippen LogP contribution >= 0.6 is 0 Å². The minimum Gasteiger partial charge on any atom is -0.465 e. The summed E-state index contributed by atoms with van der Waals surface area (Å²) in [4.78, 5) is 16.1. The summed E-state index contributed by atoms with van der Waals surface area (Å²) in [6.45, 7) is 4.24. The number of benzene rings is 2. The Bertz CT molecular complexity index is 633. The quantitative estimate of drug-likeness (QED) is 0.622. The molecular formula is C18H19NO2. The Morgan fingerprint density at radius 3 is 2.38 bits per heavy atom. The molecule has 2 rings (SSSR count). The molecule has 0 aliphatic heterocycles. The van der Waals surface area contributed by atoms with Crippen LogP contribution in [0.15, 0.2) is 59.6 Å². The van der Waals surface area contributed by atoms with Gasteiger partial charge in [0.25, 0.3) is 0 Å². The summed E-state index contributed by atoms with van der Waals surface area (Å²) in [6.07, 6.45) is 0. The molecule has 0 N–H and O–H groups in total. The van der Waals surface area contributed by atoms with Gasteiger partial charge in [-0.1, -0.05) is 54.6 Å². The van der Waals surface area contributed by atoms with E-state index in [0.29, 0.717) is 6.61 Å². The summed E-state index contributed by atoms with van der Waals surface area (Å²) < 4.78 is 4.95. The zero-order chi connectivity index (χ0) is 15.1. The van der Waals surface area contributed by atoms with E-state index in [1.807, 2.05) is 61.5 Å². The first kappa shape index (κ1) is 15.0. The number of hydrogen-bond acceptors (Lipinski definition) is 3. The Morgan fingerprint density at radius 1 is 1.05 bits per heavy atom. The van der Waals surface area contributed by atoms with Gasteiger partial charge in [0, 0.05) is 11.1 Å². The van der Waals surface area contributed by atoms with Gasteiger partial charge in [-0.25, -0.2) is 0 Å². The van der Waals surface area contributed by atoms with Crippen molar-refractivity contribution in [1.29, 1.82) is 0 Å². The highest BCUT2D eigenvalue weighted by molar-refractivity contribution is 6.14. The average molecular weight is 281 g/mol. The van der Waals surface area contributed by atoms with Crippen LogP contribution in [0.4, 0.5) is 0 Å². The lowest BCUT2D eigenvalue weighted by Crippen LogP contribution is -2.12. The van der Waals surface area contributed by atoms with E-state index in [2.05, 4.69) is 4.99 Å². The van der Waals surface area contributed by atoms with Crippen molar-refractivity contribution in [2.45, 2.75) is 13.8 Å². The Morgan fingerprint density at radius 2 is 1.71 bits per heavy atom. The molecule has 21 heavy (non-hydrogen) atoms. The van der Waals surface area contributed by atoms with Crippen LogP contribution in [0, 0.1) is 6.92 Å². The number of nitrogens with zero attached hydrogens (tertiary/aromatic N) is 1. The van der Waals surface area contributed by atoms with Gasteiger partial charge in [-0.05, 0) is 19.4 Å². The summed E-state index contributed by atoms with van der Waals surface area (Å²) in [5, 5.41) is 0. The van der Waals surface area contributed by atoms with E-state index in [1.54, 1.807) is 6.92 Å². The molecule has 0 aromatic heterocycles. The molecule has 0 aliphatic rings. The molecule has 0 heterocycles. The Hall–Kier alpha value is -2.42. The van der Waals surface area contributed by atoms with Gasteiger partial charge >= 0.3 is 5.97 Å². The van der Waals surface area contributed by atoms with Crippen molar-refractivity contribution >= 4 is 11.7 Å². The van der Waals surface area contributed by atoms with Crippen molar-refractivity contribution in [3.63, 3.8) is 0 Å². The molecule has 0 aliphatic carbocycles. The van der Waals surface area contributed by atoms with Gasteiger partial charge in [0.2, 0.25) is 0 Å². The maximum absolute atomic E-state index is 11.6. The van der Waals surface area contributed by atoms with Crippen molar-refractivity contribution in [2.75, 3.05) is 13.2 Å². The van der Waals surface area contributed by atoms with Gasteiger partial charge < -0.3 is 4.74 Å². The summed E-state index contributed by atoms with van der Waals surface area (Å²) in [6, 6.07) is 17.9. The van der Waals surface area contributed by atoms with Crippen molar-refractivity contribution < 1.29 is 9.53 Å². The monoisotopic (exact) mass is 281 g/mol. The highest BCUT2D eigenvalue weighted by atomic mass is 16.5. The van der Waals surface area contributed by atoms with Gasteiger partial charge in [-0.15, -0.1) is 0 Å². The first-order chi connectivity index (χ1) is 10.2. The lowest BCUT2D eigenvalue weighted by molar-refractivity contribution is -0.141. The fourth-order valence-corrected chi connectivity index (χ4v) is 2.12. The maximum atomic E-state index is 11.6. The second-order valence-electron chi connectivity index (χ2n) is 4.65. The highest BCUT2D eigenvalue weighted by Gasteiger charge is 2.10. The molecular weight excluding hydrogens is 262 g/mol. The van der Waals surface area contributed by atoms with Gasteiger partial charge in [-0.2, -0.15) is 0 Å². The second-order valence-corrected chi connectivity index (χ2v) is 4.65. The van der Waals surface area contributed by atoms with Crippen LogP contribution in [0.3, 0.4) is 0 Å². The molecule has 3 heteroatoms. The standard InChI is InChI=1S/C18H19NO2/c1-3-21-17(20)13-19-18(15-10-5-4-6-11-15)16-12-8-7-9-14(16)2/h4-12H,3,13H2,1-2H3. The molecule has 0 fully saturated rings. The van der Waals surface area contributed by atoms with Crippen LogP contribution < -0.4 is 0 Å². The molecule has 0 atom stereocenters. The van der Waals surface area contributed by atoms with Crippen LogP contribution in [0.2, 0.25) is 0 Å². The van der Waals surface area contributed by atoms with Crippen LogP contribution in [0.1, 0.15) is 23.6 Å². The lowest BCUT2D eigenvalue weighted by Gasteiger charge is -2.10. The number of ether oxygens (including phenoxy) is 1. The van der Waals surface area contributed by atoms with E-state index in [4.69, 9.17) is 4.74 Å². The fourth-order valence-electron chi connectivity index (χ4n) is 2.12. The minimum absolute atomic E-state index is 0.0341. The predicted octanol–water partition coefficient (Wildman–Crippen LogP) is 3.40. The van der Waals surface area contributed by atoms with Gasteiger partial charge in [0.1, 0.15) is 6.54 Å². The molecule has 0 amide bonds. The normalized spacial score (nSPS) is 11.2. The molecule has 0 bridgehead atoms. The Balaban J connectivity index is 2.38. The van der Waals surface area contributed by atoms with Crippen LogP contribution in [0.25, 0.3) is 0 Å². The van der Waals surface area contributed by atoms with Crippen molar-refractivity contribution in [2.24, 2.45) is 4.99 Å². The molecule has 108 valence electrons. The molecule has 2 aromatic carbocycles. The molecule has 2 aromatic rings. The van der Waals surface area contributed by atoms with Gasteiger partial charge in [0.05, 0.1) is 12.3 Å². The van der Waals surface area contributed by atoms with Crippen LogP contribution in [-0.4, -0.2) is 24.8 Å². The number of aryl methyl sites for hydroxylation is 1. The molecule has 0 radical (unpaired) electrons. The second kappa shape index (κ2) is 7.39. The number of carbonyl (C=O) groups is 1. The van der Waals surface area contributed by atoms with Crippen molar-refractivity contribution in [1.82, 2.24) is 0 Å². The van der Waals surface area contributed by atoms with Crippen molar-refractivity contribution in [3.05, 3.63) is 71.3 Å². The van der Waals surface area contributed by atoms with Gasteiger partial charge in [0.15, 0.2) is 0 Å². The summed E-state index contributed by atoms with van der Waals surface area (Å²) in [7, 11) is 0. The highest BCUT2D eigenvalue weighted by Crippen LogP contribution is 2.15. The van der Waals surface area contributed by atoms with E-state index in [1.165, 1.54) is 0 Å². The zero-order valence-corrected chi connectivity index (χ0v) is 12.4. The fraction of sp³-hybridized carbons (Fsp3) is 0.222. The third-order valence-corrected chi connectivity index (χ3v) is 3.12. The van der Waals surface area contributed by atoms with Crippen LogP contribution in [0.5, 0.6) is 0 Å². The lowest BCUT2D eigenvalue weighted by atomic mass is 9.98. The largest absolute Gasteiger partial charge is 0.465 e.